The lowest BCUT2D eigenvalue weighted by molar-refractivity contribution is 0.130. The van der Waals surface area contributed by atoms with Crippen LogP contribution in [0.1, 0.15) is 31.2 Å². The molecule has 1 aliphatic carbocycles. The van der Waals surface area contributed by atoms with Crippen LogP contribution in [0.25, 0.3) is 0 Å². The maximum Gasteiger partial charge on any atom is 0.0450 e. The molecule has 1 aromatic rings. The predicted molar refractivity (Wildman–Crippen MR) is 66.6 cm³/mol. The second-order valence-electron chi connectivity index (χ2n) is 4.55. The summed E-state index contributed by atoms with van der Waals surface area (Å²) in [6.07, 6.45) is 4.43. The monoisotopic (exact) mass is 239 g/mol. The van der Waals surface area contributed by atoms with E-state index in [9.17, 15) is 0 Å². The van der Waals surface area contributed by atoms with Crippen molar-refractivity contribution in [1.29, 1.82) is 0 Å². The molecule has 2 nitrogen and oxygen atoms in total. The maximum atomic E-state index is 9.05. The molecule has 2 N–H and O–H groups in total. The number of benzene rings is 1. The summed E-state index contributed by atoms with van der Waals surface area (Å²) in [5.74, 6) is 0. The van der Waals surface area contributed by atoms with Gasteiger partial charge in [0.2, 0.25) is 0 Å². The SMILES string of the molecule is OCCC1(NCc2ccccc2Cl)CCC1. The third kappa shape index (κ3) is 2.57. The summed E-state index contributed by atoms with van der Waals surface area (Å²) in [7, 11) is 0. The third-order valence-corrected chi connectivity index (χ3v) is 3.88. The van der Waals surface area contributed by atoms with Crippen LogP contribution in [0.4, 0.5) is 0 Å². The zero-order valence-corrected chi connectivity index (χ0v) is 10.1. The molecule has 0 amide bonds. The summed E-state index contributed by atoms with van der Waals surface area (Å²) >= 11 is 6.10. The molecule has 0 aliphatic heterocycles. The molecule has 1 aliphatic rings. The molecule has 0 spiro atoms. The van der Waals surface area contributed by atoms with Crippen molar-refractivity contribution in [1.82, 2.24) is 5.32 Å². The van der Waals surface area contributed by atoms with E-state index in [2.05, 4.69) is 5.32 Å². The van der Waals surface area contributed by atoms with Gasteiger partial charge in [-0.15, -0.1) is 0 Å². The zero-order chi connectivity index (χ0) is 11.4. The Hall–Kier alpha value is -0.570. The quantitative estimate of drug-likeness (QED) is 0.828. The minimum atomic E-state index is 0.161. The van der Waals surface area contributed by atoms with Gasteiger partial charge in [-0.1, -0.05) is 29.8 Å². The van der Waals surface area contributed by atoms with Gasteiger partial charge in [0.15, 0.2) is 0 Å². The van der Waals surface area contributed by atoms with Gasteiger partial charge in [-0.05, 0) is 37.3 Å². The van der Waals surface area contributed by atoms with E-state index in [0.717, 1.165) is 36.4 Å². The average molecular weight is 240 g/mol. The molecule has 1 aromatic carbocycles. The summed E-state index contributed by atoms with van der Waals surface area (Å²) in [5.41, 5.74) is 1.29. The lowest BCUT2D eigenvalue weighted by Gasteiger charge is -2.42. The van der Waals surface area contributed by atoms with Gasteiger partial charge in [-0.25, -0.2) is 0 Å². The smallest absolute Gasteiger partial charge is 0.0450 e. The molecule has 0 aromatic heterocycles. The van der Waals surface area contributed by atoms with Crippen molar-refractivity contribution < 1.29 is 5.11 Å². The minimum Gasteiger partial charge on any atom is -0.396 e. The minimum absolute atomic E-state index is 0.161. The normalized spacial score (nSPS) is 18.1. The number of nitrogens with one attached hydrogen (secondary N) is 1. The number of hydrogen-bond acceptors (Lipinski definition) is 2. The number of aliphatic hydroxyl groups excluding tert-OH is 1. The van der Waals surface area contributed by atoms with Crippen LogP contribution in [0, 0.1) is 0 Å². The van der Waals surface area contributed by atoms with Crippen LogP contribution in [-0.4, -0.2) is 17.3 Å². The Morgan fingerprint density at radius 2 is 2.06 bits per heavy atom. The summed E-state index contributed by atoms with van der Waals surface area (Å²) in [4.78, 5) is 0. The van der Waals surface area contributed by atoms with E-state index in [1.54, 1.807) is 0 Å². The lowest BCUT2D eigenvalue weighted by atomic mass is 9.74. The van der Waals surface area contributed by atoms with Crippen LogP contribution >= 0.6 is 11.6 Å². The van der Waals surface area contributed by atoms with Crippen LogP contribution in [0.15, 0.2) is 24.3 Å². The number of halogens is 1. The van der Waals surface area contributed by atoms with E-state index in [0.29, 0.717) is 0 Å². The number of rotatable bonds is 5. The van der Waals surface area contributed by atoms with Crippen molar-refractivity contribution in [2.45, 2.75) is 37.8 Å². The van der Waals surface area contributed by atoms with Crippen LogP contribution in [-0.2, 0) is 6.54 Å². The molecule has 88 valence electrons. The Labute approximate surface area is 102 Å². The predicted octanol–water partition coefficient (Wildman–Crippen LogP) is 2.73. The lowest BCUT2D eigenvalue weighted by Crippen LogP contribution is -2.51. The Balaban J connectivity index is 1.93. The summed E-state index contributed by atoms with van der Waals surface area (Å²) in [5, 5.41) is 13.4. The highest BCUT2D eigenvalue weighted by atomic mass is 35.5. The molecular formula is C13H18ClNO. The largest absolute Gasteiger partial charge is 0.396 e. The van der Waals surface area contributed by atoms with Crippen LogP contribution < -0.4 is 5.32 Å². The fourth-order valence-electron chi connectivity index (χ4n) is 2.26. The summed E-state index contributed by atoms with van der Waals surface area (Å²) in [6, 6.07) is 7.90. The van der Waals surface area contributed by atoms with Crippen molar-refractivity contribution in [3.63, 3.8) is 0 Å². The maximum absolute atomic E-state index is 9.05. The van der Waals surface area contributed by atoms with E-state index in [-0.39, 0.29) is 12.1 Å². The second-order valence-corrected chi connectivity index (χ2v) is 4.96. The van der Waals surface area contributed by atoms with Gasteiger partial charge in [0.05, 0.1) is 0 Å². The molecule has 0 unspecified atom stereocenters. The molecule has 1 fully saturated rings. The first-order valence-electron chi connectivity index (χ1n) is 5.85. The molecule has 2 rings (SSSR count). The first-order valence-corrected chi connectivity index (χ1v) is 6.23. The van der Waals surface area contributed by atoms with Crippen molar-refractivity contribution in [2.24, 2.45) is 0 Å². The van der Waals surface area contributed by atoms with E-state index in [1.165, 1.54) is 6.42 Å². The highest BCUT2D eigenvalue weighted by Gasteiger charge is 2.35. The molecule has 16 heavy (non-hydrogen) atoms. The van der Waals surface area contributed by atoms with Gasteiger partial charge < -0.3 is 10.4 Å². The Bertz CT molecular complexity index is 350. The molecule has 0 saturated heterocycles. The fourth-order valence-corrected chi connectivity index (χ4v) is 2.46. The molecule has 0 heterocycles. The van der Waals surface area contributed by atoms with Gasteiger partial charge >= 0.3 is 0 Å². The van der Waals surface area contributed by atoms with Crippen molar-refractivity contribution in [3.8, 4) is 0 Å². The molecule has 1 saturated carbocycles. The van der Waals surface area contributed by atoms with Gasteiger partial charge in [0.25, 0.3) is 0 Å². The van der Waals surface area contributed by atoms with Crippen molar-refractivity contribution in [2.75, 3.05) is 6.61 Å². The third-order valence-electron chi connectivity index (χ3n) is 3.51. The van der Waals surface area contributed by atoms with E-state index in [1.807, 2.05) is 24.3 Å². The molecule has 3 heteroatoms. The van der Waals surface area contributed by atoms with Gasteiger partial charge in [-0.3, -0.25) is 0 Å². The van der Waals surface area contributed by atoms with Crippen molar-refractivity contribution >= 4 is 11.6 Å². The average Bonchev–Trinajstić information content (AvgIpc) is 2.24. The molecule has 0 bridgehead atoms. The highest BCUT2D eigenvalue weighted by molar-refractivity contribution is 6.31. The first-order chi connectivity index (χ1) is 7.76. The van der Waals surface area contributed by atoms with E-state index >= 15 is 0 Å². The molecular weight excluding hydrogens is 222 g/mol. The Morgan fingerprint density at radius 1 is 1.31 bits per heavy atom. The Morgan fingerprint density at radius 3 is 2.62 bits per heavy atom. The van der Waals surface area contributed by atoms with Gasteiger partial charge in [0.1, 0.15) is 0 Å². The topological polar surface area (TPSA) is 32.3 Å². The summed E-state index contributed by atoms with van der Waals surface area (Å²) in [6.45, 7) is 1.05. The van der Waals surface area contributed by atoms with Crippen LogP contribution in [0.2, 0.25) is 5.02 Å². The van der Waals surface area contributed by atoms with E-state index in [4.69, 9.17) is 16.7 Å². The Kier molecular flexibility index (Phi) is 3.85. The van der Waals surface area contributed by atoms with Gasteiger partial charge in [0, 0.05) is 23.7 Å². The second kappa shape index (κ2) is 5.17. The fraction of sp³-hybridized carbons (Fsp3) is 0.538. The summed E-state index contributed by atoms with van der Waals surface area (Å²) < 4.78 is 0. The van der Waals surface area contributed by atoms with Crippen LogP contribution in [0.5, 0.6) is 0 Å². The van der Waals surface area contributed by atoms with Crippen molar-refractivity contribution in [3.05, 3.63) is 34.9 Å². The number of hydrogen-bond donors (Lipinski definition) is 2. The van der Waals surface area contributed by atoms with Gasteiger partial charge in [-0.2, -0.15) is 0 Å². The van der Waals surface area contributed by atoms with Crippen LogP contribution in [0.3, 0.4) is 0 Å². The number of aliphatic hydroxyl groups is 1. The standard InChI is InChI=1S/C13H18ClNO/c14-12-5-2-1-4-11(12)10-15-13(8-9-16)6-3-7-13/h1-2,4-5,15-16H,3,6-10H2. The van der Waals surface area contributed by atoms with E-state index < -0.39 is 0 Å². The zero-order valence-electron chi connectivity index (χ0n) is 9.38. The molecule has 0 atom stereocenters. The molecule has 0 radical (unpaired) electrons. The highest BCUT2D eigenvalue weighted by Crippen LogP contribution is 2.35. The first kappa shape index (κ1) is 11.9.